The van der Waals surface area contributed by atoms with E-state index in [1.54, 1.807) is 11.2 Å². The minimum absolute atomic E-state index is 0.0320. The molecule has 0 unspecified atom stereocenters. The normalized spacial score (nSPS) is 16.0. The standard InChI is InChI=1S/C20H25FN4O3/c1-15(18-3-2-12-28-18)22-13-20(27)25-10-8-24(9-11-25)14-19(26)23-17-6-4-16(21)5-7-17/h2-7,12,15,22H,8-11,13-14H2,1H3,(H,23,26)/t15-/m1/s1. The van der Waals surface area contributed by atoms with Gasteiger partial charge in [-0.05, 0) is 43.3 Å². The van der Waals surface area contributed by atoms with E-state index in [-0.39, 0.29) is 36.8 Å². The molecule has 0 radical (unpaired) electrons. The molecular weight excluding hydrogens is 363 g/mol. The Bertz CT molecular complexity index is 771. The van der Waals surface area contributed by atoms with Crippen LogP contribution in [0.4, 0.5) is 10.1 Å². The lowest BCUT2D eigenvalue weighted by molar-refractivity contribution is -0.132. The Labute approximate surface area is 163 Å². The van der Waals surface area contributed by atoms with Crippen LogP contribution in [0.15, 0.2) is 47.1 Å². The van der Waals surface area contributed by atoms with Gasteiger partial charge in [0.1, 0.15) is 11.6 Å². The van der Waals surface area contributed by atoms with Gasteiger partial charge >= 0.3 is 0 Å². The van der Waals surface area contributed by atoms with Crippen molar-refractivity contribution in [1.82, 2.24) is 15.1 Å². The average Bonchev–Trinajstić information content (AvgIpc) is 3.23. The van der Waals surface area contributed by atoms with Crippen LogP contribution >= 0.6 is 0 Å². The van der Waals surface area contributed by atoms with Crippen LogP contribution in [-0.2, 0) is 9.59 Å². The summed E-state index contributed by atoms with van der Waals surface area (Å²) < 4.78 is 18.2. The topological polar surface area (TPSA) is 77.8 Å². The number of nitrogens with zero attached hydrogens (tertiary/aromatic N) is 2. The number of halogens is 1. The van der Waals surface area contributed by atoms with Crippen molar-refractivity contribution >= 4 is 17.5 Å². The number of hydrogen-bond acceptors (Lipinski definition) is 5. The molecule has 7 nitrogen and oxygen atoms in total. The van der Waals surface area contributed by atoms with Crippen LogP contribution in [0.1, 0.15) is 18.7 Å². The lowest BCUT2D eigenvalue weighted by Gasteiger charge is -2.34. The highest BCUT2D eigenvalue weighted by Gasteiger charge is 2.23. The van der Waals surface area contributed by atoms with Crippen LogP contribution in [0.3, 0.4) is 0 Å². The fourth-order valence-corrected chi connectivity index (χ4v) is 3.08. The summed E-state index contributed by atoms with van der Waals surface area (Å²) in [5.74, 6) is 0.339. The van der Waals surface area contributed by atoms with E-state index < -0.39 is 0 Å². The Morgan fingerprint density at radius 3 is 2.50 bits per heavy atom. The van der Waals surface area contributed by atoms with Gasteiger partial charge in [-0.2, -0.15) is 0 Å². The molecule has 1 saturated heterocycles. The molecule has 28 heavy (non-hydrogen) atoms. The first-order valence-electron chi connectivity index (χ1n) is 9.33. The van der Waals surface area contributed by atoms with Crippen molar-refractivity contribution in [3.05, 3.63) is 54.2 Å². The predicted molar refractivity (Wildman–Crippen MR) is 103 cm³/mol. The Morgan fingerprint density at radius 1 is 1.14 bits per heavy atom. The summed E-state index contributed by atoms with van der Waals surface area (Å²) in [5.41, 5.74) is 0.567. The van der Waals surface area contributed by atoms with E-state index in [4.69, 9.17) is 4.42 Å². The van der Waals surface area contributed by atoms with Crippen molar-refractivity contribution < 1.29 is 18.4 Å². The second kappa shape index (κ2) is 9.48. The summed E-state index contributed by atoms with van der Waals surface area (Å²) in [7, 11) is 0. The van der Waals surface area contributed by atoms with Gasteiger partial charge in [-0.1, -0.05) is 0 Å². The molecule has 1 aromatic carbocycles. The molecule has 0 saturated carbocycles. The summed E-state index contributed by atoms with van der Waals surface area (Å²) in [6, 6.07) is 9.33. The third-order valence-electron chi connectivity index (χ3n) is 4.75. The molecule has 2 N–H and O–H groups in total. The molecule has 1 aliphatic heterocycles. The van der Waals surface area contributed by atoms with Gasteiger partial charge in [0.05, 0.1) is 25.4 Å². The maximum Gasteiger partial charge on any atom is 0.238 e. The number of carbonyl (C=O) groups excluding carboxylic acids is 2. The highest BCUT2D eigenvalue weighted by molar-refractivity contribution is 5.92. The maximum absolute atomic E-state index is 12.9. The van der Waals surface area contributed by atoms with E-state index in [1.165, 1.54) is 24.3 Å². The van der Waals surface area contributed by atoms with Crippen molar-refractivity contribution in [2.45, 2.75) is 13.0 Å². The van der Waals surface area contributed by atoms with Crippen LogP contribution < -0.4 is 10.6 Å². The van der Waals surface area contributed by atoms with Gasteiger partial charge in [-0.15, -0.1) is 0 Å². The molecule has 0 aliphatic carbocycles. The number of carbonyl (C=O) groups is 2. The molecular formula is C20H25FN4O3. The van der Waals surface area contributed by atoms with Gasteiger partial charge in [0.2, 0.25) is 11.8 Å². The zero-order valence-electron chi connectivity index (χ0n) is 15.9. The number of rotatable bonds is 7. The fourth-order valence-electron chi connectivity index (χ4n) is 3.08. The summed E-state index contributed by atoms with van der Waals surface area (Å²) in [6.07, 6.45) is 1.61. The minimum atomic E-state index is -0.341. The largest absolute Gasteiger partial charge is 0.468 e. The quantitative estimate of drug-likeness (QED) is 0.757. The van der Waals surface area contributed by atoms with E-state index in [1.807, 2.05) is 24.0 Å². The molecule has 1 fully saturated rings. The molecule has 8 heteroatoms. The molecule has 1 aromatic heterocycles. The maximum atomic E-state index is 12.9. The highest BCUT2D eigenvalue weighted by atomic mass is 19.1. The molecule has 150 valence electrons. The van der Waals surface area contributed by atoms with Gasteiger partial charge in [0.25, 0.3) is 0 Å². The predicted octanol–water partition coefficient (Wildman–Crippen LogP) is 1.85. The summed E-state index contributed by atoms with van der Waals surface area (Å²) >= 11 is 0. The number of piperazine rings is 1. The number of nitrogens with one attached hydrogen (secondary N) is 2. The van der Waals surface area contributed by atoms with E-state index in [0.29, 0.717) is 31.9 Å². The molecule has 2 heterocycles. The smallest absolute Gasteiger partial charge is 0.238 e. The van der Waals surface area contributed by atoms with Crippen LogP contribution in [-0.4, -0.2) is 60.9 Å². The Kier molecular flexibility index (Phi) is 6.78. The number of anilines is 1. The molecule has 2 amide bonds. The van der Waals surface area contributed by atoms with E-state index in [0.717, 1.165) is 5.76 Å². The Morgan fingerprint density at radius 2 is 1.86 bits per heavy atom. The van der Waals surface area contributed by atoms with Crippen molar-refractivity contribution in [3.8, 4) is 0 Å². The zero-order chi connectivity index (χ0) is 19.9. The van der Waals surface area contributed by atoms with Gasteiger partial charge in [0.15, 0.2) is 0 Å². The first-order valence-corrected chi connectivity index (χ1v) is 9.33. The van der Waals surface area contributed by atoms with Crippen molar-refractivity contribution in [3.63, 3.8) is 0 Å². The van der Waals surface area contributed by atoms with Crippen LogP contribution in [0.5, 0.6) is 0 Å². The third-order valence-corrected chi connectivity index (χ3v) is 4.75. The minimum Gasteiger partial charge on any atom is -0.468 e. The monoisotopic (exact) mass is 388 g/mol. The zero-order valence-corrected chi connectivity index (χ0v) is 15.9. The summed E-state index contributed by atoms with van der Waals surface area (Å²) in [5, 5.41) is 5.92. The van der Waals surface area contributed by atoms with Crippen molar-refractivity contribution in [2.24, 2.45) is 0 Å². The highest BCUT2D eigenvalue weighted by Crippen LogP contribution is 2.12. The lowest BCUT2D eigenvalue weighted by Crippen LogP contribution is -2.52. The van der Waals surface area contributed by atoms with E-state index in [2.05, 4.69) is 10.6 Å². The second-order valence-corrected chi connectivity index (χ2v) is 6.83. The van der Waals surface area contributed by atoms with Crippen LogP contribution in [0.2, 0.25) is 0 Å². The van der Waals surface area contributed by atoms with Crippen LogP contribution in [0, 0.1) is 5.82 Å². The summed E-state index contributed by atoms with van der Waals surface area (Å²) in [4.78, 5) is 28.3. The number of amides is 2. The summed E-state index contributed by atoms with van der Waals surface area (Å²) in [6.45, 7) is 4.87. The third kappa shape index (κ3) is 5.64. The van der Waals surface area contributed by atoms with Gasteiger partial charge in [0, 0.05) is 31.9 Å². The van der Waals surface area contributed by atoms with E-state index >= 15 is 0 Å². The molecule has 1 atom stereocenters. The molecule has 2 aromatic rings. The number of benzene rings is 1. The number of furan rings is 1. The Hall–Kier alpha value is -2.71. The van der Waals surface area contributed by atoms with Crippen molar-refractivity contribution in [1.29, 1.82) is 0 Å². The number of hydrogen-bond donors (Lipinski definition) is 2. The average molecular weight is 388 g/mol. The first-order chi connectivity index (χ1) is 13.5. The first kappa shape index (κ1) is 20.0. The van der Waals surface area contributed by atoms with Crippen molar-refractivity contribution in [2.75, 3.05) is 44.6 Å². The lowest BCUT2D eigenvalue weighted by atomic mass is 10.2. The van der Waals surface area contributed by atoms with Crippen LogP contribution in [0.25, 0.3) is 0 Å². The van der Waals surface area contributed by atoms with Gasteiger partial charge in [-0.3, -0.25) is 19.8 Å². The fraction of sp³-hybridized carbons (Fsp3) is 0.400. The molecule has 0 spiro atoms. The van der Waals surface area contributed by atoms with E-state index in [9.17, 15) is 14.0 Å². The second-order valence-electron chi connectivity index (χ2n) is 6.83. The molecule has 1 aliphatic rings. The SMILES string of the molecule is C[C@@H](NCC(=O)N1CCN(CC(=O)Nc2ccc(F)cc2)CC1)c1ccco1. The Balaban J connectivity index is 1.37. The molecule has 3 rings (SSSR count). The van der Waals surface area contributed by atoms with Gasteiger partial charge in [-0.25, -0.2) is 4.39 Å². The molecule has 0 bridgehead atoms. The van der Waals surface area contributed by atoms with Gasteiger partial charge < -0.3 is 14.6 Å².